The zero-order chi connectivity index (χ0) is 19.1. The normalized spacial score (nSPS) is 11.6. The Morgan fingerprint density at radius 2 is 1.96 bits per heavy atom. The van der Waals surface area contributed by atoms with E-state index in [-0.39, 0.29) is 0 Å². The second kappa shape index (κ2) is 9.07. The number of para-hydroxylation sites is 1. The Labute approximate surface area is 160 Å². The summed E-state index contributed by atoms with van der Waals surface area (Å²) in [5.74, 6) is 1.78. The highest BCUT2D eigenvalue weighted by atomic mass is 15.2. The van der Waals surface area contributed by atoms with Crippen molar-refractivity contribution in [2.45, 2.75) is 19.5 Å². The maximum atomic E-state index is 4.43. The van der Waals surface area contributed by atoms with Crippen LogP contribution in [-0.2, 0) is 13.1 Å². The summed E-state index contributed by atoms with van der Waals surface area (Å²) < 4.78 is 2.30. The van der Waals surface area contributed by atoms with Gasteiger partial charge in [-0.2, -0.15) is 0 Å². The van der Waals surface area contributed by atoms with Crippen LogP contribution in [0.25, 0.3) is 10.9 Å². The van der Waals surface area contributed by atoms with Gasteiger partial charge >= 0.3 is 0 Å². The Hall–Kier alpha value is -3.02. The van der Waals surface area contributed by atoms with E-state index < -0.39 is 0 Å². The zero-order valence-electron chi connectivity index (χ0n) is 16.3. The van der Waals surface area contributed by atoms with Gasteiger partial charge in [0.25, 0.3) is 0 Å². The smallest absolute Gasteiger partial charge is 0.191 e. The number of rotatable bonds is 7. The van der Waals surface area contributed by atoms with Crippen molar-refractivity contribution >= 4 is 22.7 Å². The van der Waals surface area contributed by atoms with Gasteiger partial charge in [0.05, 0.1) is 0 Å². The predicted molar refractivity (Wildman–Crippen MR) is 113 cm³/mol. The second-order valence-corrected chi connectivity index (χ2v) is 6.65. The van der Waals surface area contributed by atoms with Gasteiger partial charge in [-0.1, -0.05) is 24.3 Å². The van der Waals surface area contributed by atoms with Gasteiger partial charge in [0.1, 0.15) is 5.82 Å². The molecule has 27 heavy (non-hydrogen) atoms. The molecule has 2 N–H and O–H groups in total. The monoisotopic (exact) mass is 364 g/mol. The summed E-state index contributed by atoms with van der Waals surface area (Å²) in [6.07, 6.45) is 5.00. The first kappa shape index (κ1) is 18.8. The highest BCUT2D eigenvalue weighted by molar-refractivity contribution is 5.80. The Kier molecular flexibility index (Phi) is 6.30. The number of nitrogens with one attached hydrogen (secondary N) is 2. The number of nitrogens with zero attached hydrogens (tertiary/aromatic N) is 4. The zero-order valence-corrected chi connectivity index (χ0v) is 16.3. The molecular formula is C21H28N6. The molecule has 0 spiro atoms. The lowest BCUT2D eigenvalue weighted by molar-refractivity contribution is 0.640. The highest BCUT2D eigenvalue weighted by Gasteiger charge is 2.06. The molecule has 142 valence electrons. The van der Waals surface area contributed by atoms with E-state index in [4.69, 9.17) is 0 Å². The fraction of sp³-hybridized carbons (Fsp3) is 0.333. The SMILES string of the molecule is CN=C(NCCCn1ccc2ccccc21)NCc1cccnc1N(C)C. The van der Waals surface area contributed by atoms with Crippen LogP contribution in [0.2, 0.25) is 0 Å². The van der Waals surface area contributed by atoms with E-state index in [1.165, 1.54) is 10.9 Å². The summed E-state index contributed by atoms with van der Waals surface area (Å²) in [6, 6.07) is 14.7. The van der Waals surface area contributed by atoms with E-state index in [2.05, 4.69) is 67.8 Å². The van der Waals surface area contributed by atoms with E-state index in [0.29, 0.717) is 6.54 Å². The Morgan fingerprint density at radius 3 is 2.78 bits per heavy atom. The van der Waals surface area contributed by atoms with E-state index in [1.807, 2.05) is 31.3 Å². The third-order valence-corrected chi connectivity index (χ3v) is 4.51. The maximum Gasteiger partial charge on any atom is 0.191 e. The molecule has 0 bridgehead atoms. The van der Waals surface area contributed by atoms with Gasteiger partial charge in [-0.25, -0.2) is 4.98 Å². The lowest BCUT2D eigenvalue weighted by Gasteiger charge is -2.17. The van der Waals surface area contributed by atoms with Gasteiger partial charge in [-0.3, -0.25) is 4.99 Å². The number of anilines is 1. The molecule has 3 rings (SSSR count). The average Bonchev–Trinajstić information content (AvgIpc) is 3.11. The van der Waals surface area contributed by atoms with Crippen LogP contribution in [0.5, 0.6) is 0 Å². The van der Waals surface area contributed by atoms with Crippen molar-refractivity contribution in [3.05, 3.63) is 60.4 Å². The van der Waals surface area contributed by atoms with Gasteiger partial charge in [-0.05, 0) is 30.0 Å². The van der Waals surface area contributed by atoms with Crippen LogP contribution in [0.3, 0.4) is 0 Å². The Balaban J connectivity index is 1.47. The minimum atomic E-state index is 0.684. The summed E-state index contributed by atoms with van der Waals surface area (Å²) in [4.78, 5) is 10.8. The van der Waals surface area contributed by atoms with Crippen molar-refractivity contribution in [2.24, 2.45) is 4.99 Å². The molecule has 2 heterocycles. The molecule has 2 aromatic heterocycles. The van der Waals surface area contributed by atoms with Gasteiger partial charge in [0, 0.05) is 64.3 Å². The van der Waals surface area contributed by atoms with Crippen LogP contribution in [0, 0.1) is 0 Å². The highest BCUT2D eigenvalue weighted by Crippen LogP contribution is 2.15. The molecule has 0 saturated carbocycles. The summed E-state index contributed by atoms with van der Waals surface area (Å²) >= 11 is 0. The standard InChI is InChI=1S/C21H28N6/c1-22-21(25-16-18-9-6-12-23-20(18)26(2)3)24-13-7-14-27-15-11-17-8-4-5-10-19(17)27/h4-6,8-12,15H,7,13-14,16H2,1-3H3,(H2,22,24,25). The predicted octanol–water partition coefficient (Wildman–Crippen LogP) is 2.86. The molecule has 0 unspecified atom stereocenters. The number of guanidine groups is 1. The summed E-state index contributed by atoms with van der Waals surface area (Å²) in [7, 11) is 5.80. The van der Waals surface area contributed by atoms with Crippen molar-refractivity contribution in [1.29, 1.82) is 0 Å². The topological polar surface area (TPSA) is 57.5 Å². The first-order chi connectivity index (χ1) is 13.2. The first-order valence-electron chi connectivity index (χ1n) is 9.28. The number of aromatic nitrogens is 2. The van der Waals surface area contributed by atoms with Crippen molar-refractivity contribution in [2.75, 3.05) is 32.6 Å². The summed E-state index contributed by atoms with van der Waals surface area (Å²) in [5, 5.41) is 8.05. The molecule has 0 radical (unpaired) electrons. The molecule has 0 amide bonds. The second-order valence-electron chi connectivity index (χ2n) is 6.65. The van der Waals surface area contributed by atoms with Crippen LogP contribution in [0.1, 0.15) is 12.0 Å². The number of hydrogen-bond donors (Lipinski definition) is 2. The van der Waals surface area contributed by atoms with Crippen molar-refractivity contribution in [1.82, 2.24) is 20.2 Å². The van der Waals surface area contributed by atoms with E-state index >= 15 is 0 Å². The van der Waals surface area contributed by atoms with Crippen LogP contribution in [-0.4, -0.2) is 43.2 Å². The van der Waals surface area contributed by atoms with Crippen LogP contribution >= 0.6 is 0 Å². The number of pyridine rings is 1. The third-order valence-electron chi connectivity index (χ3n) is 4.51. The number of aryl methyl sites for hydroxylation is 1. The molecule has 0 fully saturated rings. The molecule has 6 nitrogen and oxygen atoms in total. The van der Waals surface area contributed by atoms with Crippen molar-refractivity contribution in [3.63, 3.8) is 0 Å². The quantitative estimate of drug-likeness (QED) is 0.385. The summed E-state index contributed by atoms with van der Waals surface area (Å²) in [6.45, 7) is 2.52. The molecule has 0 aliphatic carbocycles. The number of aliphatic imine (C=N–C) groups is 1. The minimum absolute atomic E-state index is 0.684. The number of hydrogen-bond acceptors (Lipinski definition) is 3. The maximum absolute atomic E-state index is 4.43. The molecule has 3 aromatic rings. The molecule has 1 aromatic carbocycles. The lowest BCUT2D eigenvalue weighted by Crippen LogP contribution is -2.37. The first-order valence-corrected chi connectivity index (χ1v) is 9.28. The number of benzene rings is 1. The fourth-order valence-corrected chi connectivity index (χ4v) is 3.16. The van der Waals surface area contributed by atoms with Gasteiger partial charge < -0.3 is 20.1 Å². The third kappa shape index (κ3) is 4.78. The van der Waals surface area contributed by atoms with E-state index in [1.54, 1.807) is 7.05 Å². The van der Waals surface area contributed by atoms with Crippen LogP contribution in [0.4, 0.5) is 5.82 Å². The summed E-state index contributed by atoms with van der Waals surface area (Å²) in [5.41, 5.74) is 2.43. The van der Waals surface area contributed by atoms with Crippen LogP contribution in [0.15, 0.2) is 59.9 Å². The molecule has 0 saturated heterocycles. The Morgan fingerprint density at radius 1 is 1.11 bits per heavy atom. The van der Waals surface area contributed by atoms with Crippen molar-refractivity contribution in [3.8, 4) is 0 Å². The molecule has 0 aliphatic heterocycles. The largest absolute Gasteiger partial charge is 0.362 e. The molecular weight excluding hydrogens is 336 g/mol. The molecule has 0 aliphatic rings. The average molecular weight is 364 g/mol. The van der Waals surface area contributed by atoms with Crippen LogP contribution < -0.4 is 15.5 Å². The number of fused-ring (bicyclic) bond motifs is 1. The fourth-order valence-electron chi connectivity index (χ4n) is 3.16. The Bertz CT molecular complexity index is 896. The molecule has 6 heteroatoms. The lowest BCUT2D eigenvalue weighted by atomic mass is 10.2. The van der Waals surface area contributed by atoms with E-state index in [9.17, 15) is 0 Å². The minimum Gasteiger partial charge on any atom is -0.362 e. The molecule has 0 atom stereocenters. The van der Waals surface area contributed by atoms with E-state index in [0.717, 1.165) is 36.9 Å². The van der Waals surface area contributed by atoms with Gasteiger partial charge in [0.15, 0.2) is 5.96 Å². The van der Waals surface area contributed by atoms with Gasteiger partial charge in [-0.15, -0.1) is 0 Å². The van der Waals surface area contributed by atoms with Crippen molar-refractivity contribution < 1.29 is 0 Å². The van der Waals surface area contributed by atoms with Gasteiger partial charge in [0.2, 0.25) is 0 Å².